The van der Waals surface area contributed by atoms with E-state index in [1.807, 2.05) is 30.6 Å². The van der Waals surface area contributed by atoms with E-state index in [1.54, 1.807) is 6.20 Å². The quantitative estimate of drug-likeness (QED) is 0.860. The van der Waals surface area contributed by atoms with E-state index in [1.165, 1.54) is 5.71 Å². The van der Waals surface area contributed by atoms with Gasteiger partial charge in [-0.3, -0.25) is 15.3 Å². The van der Waals surface area contributed by atoms with Crippen molar-refractivity contribution in [3.05, 3.63) is 60.7 Å². The normalized spacial score (nSPS) is 20.9. The lowest BCUT2D eigenvalue weighted by Gasteiger charge is -2.20. The van der Waals surface area contributed by atoms with Crippen molar-refractivity contribution in [2.45, 2.75) is 12.6 Å². The fraction of sp³-hybridized carbons (Fsp3) is 0.200. The Balaban J connectivity index is 1.54. The number of hydrogen-bond acceptors (Lipinski definition) is 4. The Labute approximate surface area is 112 Å². The molecule has 2 N–H and O–H groups in total. The molecular weight excluding hydrogens is 236 g/mol. The topological polar surface area (TPSA) is 49.3 Å². The fourth-order valence-corrected chi connectivity index (χ4v) is 2.05. The third-order valence-electron chi connectivity index (χ3n) is 3.09. The lowest BCUT2D eigenvalue weighted by molar-refractivity contribution is 0.588. The molecule has 3 heterocycles. The number of aliphatic imine (C=N–C) groups is 1. The minimum Gasteiger partial charge on any atom is -0.372 e. The molecule has 0 bridgehead atoms. The molecule has 1 unspecified atom stereocenters. The Morgan fingerprint density at radius 1 is 1.37 bits per heavy atom. The first-order valence-corrected chi connectivity index (χ1v) is 6.41. The second-order valence-electron chi connectivity index (χ2n) is 4.48. The van der Waals surface area contributed by atoms with Crippen molar-refractivity contribution in [2.24, 2.45) is 4.99 Å². The Hall–Kier alpha value is -2.20. The molecule has 4 heteroatoms. The summed E-state index contributed by atoms with van der Waals surface area (Å²) in [5.74, 6) is 0. The average molecular weight is 252 g/mol. The van der Waals surface area contributed by atoms with Crippen LogP contribution in [0.15, 0.2) is 60.0 Å². The molecule has 0 amide bonds. The zero-order chi connectivity index (χ0) is 12.9. The van der Waals surface area contributed by atoms with Gasteiger partial charge >= 0.3 is 0 Å². The minimum atomic E-state index is 0.149. The maximum atomic E-state index is 4.33. The van der Waals surface area contributed by atoms with Crippen LogP contribution in [0.25, 0.3) is 5.57 Å². The summed E-state index contributed by atoms with van der Waals surface area (Å²) in [7, 11) is 0. The molecule has 0 fully saturated rings. The molecule has 96 valence electrons. The van der Waals surface area contributed by atoms with Gasteiger partial charge in [0.25, 0.3) is 0 Å². The smallest absolute Gasteiger partial charge is 0.0962 e. The predicted octanol–water partition coefficient (Wildman–Crippen LogP) is 1.86. The first kappa shape index (κ1) is 11.9. The van der Waals surface area contributed by atoms with Crippen LogP contribution in [0, 0.1) is 0 Å². The summed E-state index contributed by atoms with van der Waals surface area (Å²) in [6, 6.07) is 5.92. The van der Waals surface area contributed by atoms with Gasteiger partial charge in [-0.1, -0.05) is 18.2 Å². The van der Waals surface area contributed by atoms with E-state index in [4.69, 9.17) is 0 Å². The molecule has 1 aromatic rings. The van der Waals surface area contributed by atoms with Gasteiger partial charge in [0.1, 0.15) is 0 Å². The van der Waals surface area contributed by atoms with Gasteiger partial charge in [0.05, 0.1) is 11.9 Å². The molecule has 0 spiro atoms. The fourth-order valence-electron chi connectivity index (χ4n) is 2.05. The molecule has 1 aromatic heterocycles. The van der Waals surface area contributed by atoms with Crippen LogP contribution in [0.4, 0.5) is 0 Å². The Kier molecular flexibility index (Phi) is 3.51. The van der Waals surface area contributed by atoms with Crippen molar-refractivity contribution < 1.29 is 0 Å². The van der Waals surface area contributed by atoms with Gasteiger partial charge in [0.15, 0.2) is 0 Å². The molecule has 0 aromatic carbocycles. The van der Waals surface area contributed by atoms with Gasteiger partial charge in [-0.15, -0.1) is 0 Å². The van der Waals surface area contributed by atoms with E-state index in [0.29, 0.717) is 0 Å². The lowest BCUT2D eigenvalue weighted by Crippen LogP contribution is -2.41. The van der Waals surface area contributed by atoms with Gasteiger partial charge < -0.3 is 5.32 Å². The van der Waals surface area contributed by atoms with Gasteiger partial charge in [0.2, 0.25) is 0 Å². The first-order chi connectivity index (χ1) is 9.42. The van der Waals surface area contributed by atoms with Gasteiger partial charge in [0, 0.05) is 42.8 Å². The summed E-state index contributed by atoms with van der Waals surface area (Å²) >= 11 is 0. The zero-order valence-corrected chi connectivity index (χ0v) is 10.6. The molecule has 0 saturated carbocycles. The van der Waals surface area contributed by atoms with Crippen molar-refractivity contribution in [1.29, 1.82) is 0 Å². The predicted molar refractivity (Wildman–Crippen MR) is 77.5 cm³/mol. The van der Waals surface area contributed by atoms with Gasteiger partial charge in [-0.05, 0) is 18.2 Å². The summed E-state index contributed by atoms with van der Waals surface area (Å²) in [6.07, 6.45) is 13.0. The van der Waals surface area contributed by atoms with Crippen molar-refractivity contribution in [3.63, 3.8) is 0 Å². The highest BCUT2D eigenvalue weighted by molar-refractivity contribution is 5.89. The van der Waals surface area contributed by atoms with Crippen LogP contribution in [-0.2, 0) is 0 Å². The van der Waals surface area contributed by atoms with Crippen LogP contribution < -0.4 is 10.6 Å². The number of aromatic nitrogens is 1. The molecule has 1 atom stereocenters. The summed E-state index contributed by atoms with van der Waals surface area (Å²) in [5.41, 5.74) is 3.25. The van der Waals surface area contributed by atoms with Crippen LogP contribution in [0.1, 0.15) is 12.1 Å². The second kappa shape index (κ2) is 5.63. The maximum Gasteiger partial charge on any atom is 0.0962 e. The van der Waals surface area contributed by atoms with E-state index in [2.05, 4.69) is 38.8 Å². The van der Waals surface area contributed by atoms with Gasteiger partial charge in [-0.25, -0.2) is 0 Å². The Morgan fingerprint density at radius 2 is 2.37 bits per heavy atom. The standard InChI is InChI=1S/C15H16N4/c1-2-8-17-14(5-1)12-6-7-15(18-10-12)19-11-13-4-3-9-16-13/h1-3,5-10,15,18-19H,4,11H2. The highest BCUT2D eigenvalue weighted by atomic mass is 15.1. The lowest BCUT2D eigenvalue weighted by atomic mass is 10.1. The molecule has 19 heavy (non-hydrogen) atoms. The molecule has 4 nitrogen and oxygen atoms in total. The number of dihydropyridines is 1. The SMILES string of the molecule is C1=CN=C(CNC2C=CC(c3ccccn3)=CN2)C1. The zero-order valence-electron chi connectivity index (χ0n) is 10.6. The first-order valence-electron chi connectivity index (χ1n) is 6.41. The van der Waals surface area contributed by atoms with Crippen molar-refractivity contribution in [1.82, 2.24) is 15.6 Å². The summed E-state index contributed by atoms with van der Waals surface area (Å²) in [4.78, 5) is 8.61. The van der Waals surface area contributed by atoms with Crippen molar-refractivity contribution in [2.75, 3.05) is 6.54 Å². The van der Waals surface area contributed by atoms with E-state index in [-0.39, 0.29) is 6.17 Å². The summed E-state index contributed by atoms with van der Waals surface area (Å²) in [5, 5.41) is 6.72. The number of pyridine rings is 1. The highest BCUT2D eigenvalue weighted by Crippen LogP contribution is 2.14. The number of nitrogens with one attached hydrogen (secondary N) is 2. The van der Waals surface area contributed by atoms with E-state index in [9.17, 15) is 0 Å². The van der Waals surface area contributed by atoms with Crippen molar-refractivity contribution >= 4 is 11.3 Å². The van der Waals surface area contributed by atoms with Crippen LogP contribution >= 0.6 is 0 Å². The molecule has 0 aliphatic carbocycles. The van der Waals surface area contributed by atoms with Gasteiger partial charge in [-0.2, -0.15) is 0 Å². The minimum absolute atomic E-state index is 0.149. The van der Waals surface area contributed by atoms with Crippen LogP contribution in [0.2, 0.25) is 0 Å². The Morgan fingerprint density at radius 3 is 3.05 bits per heavy atom. The molecule has 3 rings (SSSR count). The number of allylic oxidation sites excluding steroid dienone is 3. The number of rotatable bonds is 4. The largest absolute Gasteiger partial charge is 0.372 e. The van der Waals surface area contributed by atoms with E-state index in [0.717, 1.165) is 24.2 Å². The molecule has 0 saturated heterocycles. The third-order valence-corrected chi connectivity index (χ3v) is 3.09. The van der Waals surface area contributed by atoms with Crippen LogP contribution in [0.5, 0.6) is 0 Å². The monoisotopic (exact) mass is 252 g/mol. The Bertz CT molecular complexity index is 555. The molecular formula is C15H16N4. The third kappa shape index (κ3) is 2.98. The van der Waals surface area contributed by atoms with Crippen LogP contribution in [-0.4, -0.2) is 23.4 Å². The maximum absolute atomic E-state index is 4.33. The average Bonchev–Trinajstić information content (AvgIpc) is 3.00. The van der Waals surface area contributed by atoms with Crippen molar-refractivity contribution in [3.8, 4) is 0 Å². The summed E-state index contributed by atoms with van der Waals surface area (Å²) in [6.45, 7) is 0.807. The van der Waals surface area contributed by atoms with E-state index < -0.39 is 0 Å². The molecule has 0 radical (unpaired) electrons. The summed E-state index contributed by atoms with van der Waals surface area (Å²) < 4.78 is 0. The number of nitrogens with zero attached hydrogens (tertiary/aromatic N) is 2. The molecule has 2 aliphatic rings. The molecule has 2 aliphatic heterocycles. The number of hydrogen-bond donors (Lipinski definition) is 2. The van der Waals surface area contributed by atoms with E-state index >= 15 is 0 Å². The second-order valence-corrected chi connectivity index (χ2v) is 4.48. The highest BCUT2D eigenvalue weighted by Gasteiger charge is 2.10. The van der Waals surface area contributed by atoms with Crippen LogP contribution in [0.3, 0.4) is 0 Å².